The van der Waals surface area contributed by atoms with Crippen LogP contribution < -0.4 is 5.32 Å². The molecular formula is C6H10N2S2. The van der Waals surface area contributed by atoms with Crippen molar-refractivity contribution in [3.8, 4) is 0 Å². The Bertz CT molecular complexity index is 197. The molecule has 0 fully saturated rings. The highest BCUT2D eigenvalue weighted by Crippen LogP contribution is 2.27. The summed E-state index contributed by atoms with van der Waals surface area (Å²) in [6, 6.07) is 0. The molecule has 10 heavy (non-hydrogen) atoms. The molecule has 0 saturated carbocycles. The van der Waals surface area contributed by atoms with Crippen molar-refractivity contribution in [2.24, 2.45) is 0 Å². The molecule has 0 radical (unpaired) electrons. The highest BCUT2D eigenvalue weighted by molar-refractivity contribution is 8.01. The summed E-state index contributed by atoms with van der Waals surface area (Å²) in [4.78, 5) is 4.14. The maximum atomic E-state index is 4.14. The molecule has 0 unspecified atom stereocenters. The standard InChI is InChI=1S/C6H10N2S2/c1-3-9-5-4-8-6(7-2)10-5/h4H,3H2,1-2H3,(H,7,8). The van der Waals surface area contributed by atoms with Crippen molar-refractivity contribution in [3.05, 3.63) is 6.20 Å². The zero-order valence-corrected chi connectivity index (χ0v) is 7.68. The van der Waals surface area contributed by atoms with Crippen molar-refractivity contribution in [2.75, 3.05) is 18.1 Å². The van der Waals surface area contributed by atoms with E-state index in [0.717, 1.165) is 10.9 Å². The number of hydrogen-bond acceptors (Lipinski definition) is 4. The van der Waals surface area contributed by atoms with Crippen molar-refractivity contribution in [2.45, 2.75) is 11.1 Å². The maximum Gasteiger partial charge on any atom is 0.183 e. The van der Waals surface area contributed by atoms with Gasteiger partial charge in [0.05, 0.1) is 10.4 Å². The summed E-state index contributed by atoms with van der Waals surface area (Å²) in [5.41, 5.74) is 0. The molecule has 0 saturated heterocycles. The third-order valence-electron chi connectivity index (χ3n) is 0.985. The molecule has 1 N–H and O–H groups in total. The highest BCUT2D eigenvalue weighted by Gasteiger charge is 1.97. The van der Waals surface area contributed by atoms with Crippen LogP contribution in [0, 0.1) is 0 Å². The average molecular weight is 174 g/mol. The SMILES string of the molecule is CCSc1cnc(NC)s1. The molecule has 1 aromatic rings. The Kier molecular flexibility index (Phi) is 3.02. The number of nitrogens with one attached hydrogen (secondary N) is 1. The molecule has 0 atom stereocenters. The Balaban J connectivity index is 2.59. The van der Waals surface area contributed by atoms with Gasteiger partial charge < -0.3 is 5.32 Å². The molecule has 0 aliphatic rings. The van der Waals surface area contributed by atoms with Gasteiger partial charge in [-0.15, -0.1) is 11.8 Å². The van der Waals surface area contributed by atoms with E-state index in [-0.39, 0.29) is 0 Å². The number of anilines is 1. The van der Waals surface area contributed by atoms with Gasteiger partial charge in [0.15, 0.2) is 5.13 Å². The van der Waals surface area contributed by atoms with E-state index in [1.807, 2.05) is 25.0 Å². The Hall–Kier alpha value is -0.220. The van der Waals surface area contributed by atoms with E-state index in [0.29, 0.717) is 0 Å². The van der Waals surface area contributed by atoms with E-state index in [1.165, 1.54) is 4.21 Å². The molecule has 0 spiro atoms. The fraction of sp³-hybridized carbons (Fsp3) is 0.500. The summed E-state index contributed by atoms with van der Waals surface area (Å²) in [6.07, 6.45) is 1.91. The second-order valence-corrected chi connectivity index (χ2v) is 4.26. The first-order valence-corrected chi connectivity index (χ1v) is 4.93. The van der Waals surface area contributed by atoms with Crippen molar-refractivity contribution in [1.82, 2.24) is 4.98 Å². The van der Waals surface area contributed by atoms with Crippen LogP contribution in [-0.4, -0.2) is 17.8 Å². The fourth-order valence-electron chi connectivity index (χ4n) is 0.584. The van der Waals surface area contributed by atoms with Crippen LogP contribution in [0.1, 0.15) is 6.92 Å². The summed E-state index contributed by atoms with van der Waals surface area (Å²) in [5.74, 6) is 1.12. The molecule has 0 aliphatic heterocycles. The lowest BCUT2D eigenvalue weighted by molar-refractivity contribution is 1.34. The first-order valence-electron chi connectivity index (χ1n) is 3.13. The van der Waals surface area contributed by atoms with E-state index in [4.69, 9.17) is 0 Å². The summed E-state index contributed by atoms with van der Waals surface area (Å²) in [7, 11) is 1.89. The number of aromatic nitrogens is 1. The third kappa shape index (κ3) is 1.88. The Morgan fingerprint density at radius 3 is 3.10 bits per heavy atom. The van der Waals surface area contributed by atoms with Gasteiger partial charge >= 0.3 is 0 Å². The van der Waals surface area contributed by atoms with Crippen molar-refractivity contribution in [3.63, 3.8) is 0 Å². The van der Waals surface area contributed by atoms with Gasteiger partial charge in [-0.1, -0.05) is 18.3 Å². The van der Waals surface area contributed by atoms with Gasteiger partial charge in [-0.3, -0.25) is 0 Å². The Morgan fingerprint density at radius 1 is 1.80 bits per heavy atom. The lowest BCUT2D eigenvalue weighted by atomic mass is 11.0. The fourth-order valence-corrected chi connectivity index (χ4v) is 2.33. The molecule has 0 amide bonds. The Morgan fingerprint density at radius 2 is 2.60 bits per heavy atom. The predicted molar refractivity (Wildman–Crippen MR) is 48.1 cm³/mol. The van der Waals surface area contributed by atoms with Crippen LogP contribution in [0.4, 0.5) is 5.13 Å². The number of hydrogen-bond donors (Lipinski definition) is 1. The molecule has 56 valence electrons. The molecule has 1 heterocycles. The summed E-state index contributed by atoms with van der Waals surface area (Å²) in [6.45, 7) is 2.14. The van der Waals surface area contributed by atoms with Gasteiger partial charge in [0, 0.05) is 7.05 Å². The zero-order chi connectivity index (χ0) is 7.40. The van der Waals surface area contributed by atoms with Gasteiger partial charge in [0.25, 0.3) is 0 Å². The van der Waals surface area contributed by atoms with Crippen LogP contribution in [-0.2, 0) is 0 Å². The summed E-state index contributed by atoms with van der Waals surface area (Å²) < 4.78 is 1.28. The average Bonchev–Trinajstić information content (AvgIpc) is 2.37. The van der Waals surface area contributed by atoms with E-state index in [2.05, 4.69) is 17.2 Å². The van der Waals surface area contributed by atoms with Gasteiger partial charge in [-0.2, -0.15) is 0 Å². The summed E-state index contributed by atoms with van der Waals surface area (Å²) in [5, 5.41) is 4.00. The Labute approximate surface area is 69.1 Å². The van der Waals surface area contributed by atoms with Crippen molar-refractivity contribution < 1.29 is 0 Å². The number of thiazole rings is 1. The largest absolute Gasteiger partial charge is 0.365 e. The van der Waals surface area contributed by atoms with Gasteiger partial charge in [0.2, 0.25) is 0 Å². The predicted octanol–water partition coefficient (Wildman–Crippen LogP) is 2.30. The van der Waals surface area contributed by atoms with Crippen molar-refractivity contribution >= 4 is 28.2 Å². The van der Waals surface area contributed by atoms with Gasteiger partial charge in [0.1, 0.15) is 0 Å². The number of thioether (sulfide) groups is 1. The summed E-state index contributed by atoms with van der Waals surface area (Å²) >= 11 is 3.53. The molecule has 0 aromatic carbocycles. The first kappa shape index (κ1) is 7.88. The second-order valence-electron chi connectivity index (χ2n) is 1.67. The number of rotatable bonds is 3. The minimum atomic E-state index is 0.996. The van der Waals surface area contributed by atoms with E-state index < -0.39 is 0 Å². The monoisotopic (exact) mass is 174 g/mol. The van der Waals surface area contributed by atoms with Crippen LogP contribution in [0.2, 0.25) is 0 Å². The number of nitrogens with zero attached hydrogens (tertiary/aromatic N) is 1. The van der Waals surface area contributed by atoms with E-state index in [1.54, 1.807) is 11.3 Å². The topological polar surface area (TPSA) is 24.9 Å². The van der Waals surface area contributed by atoms with Crippen molar-refractivity contribution in [1.29, 1.82) is 0 Å². The van der Waals surface area contributed by atoms with Gasteiger partial charge in [-0.25, -0.2) is 4.98 Å². The van der Waals surface area contributed by atoms with Crippen LogP contribution in [0.15, 0.2) is 10.4 Å². The molecule has 1 aromatic heterocycles. The van der Waals surface area contributed by atoms with E-state index in [9.17, 15) is 0 Å². The lowest BCUT2D eigenvalue weighted by Crippen LogP contribution is -1.83. The molecular weight excluding hydrogens is 164 g/mol. The highest BCUT2D eigenvalue weighted by atomic mass is 32.2. The smallest absolute Gasteiger partial charge is 0.183 e. The van der Waals surface area contributed by atoms with Crippen LogP contribution in [0.3, 0.4) is 0 Å². The quantitative estimate of drug-likeness (QED) is 0.712. The minimum absolute atomic E-state index is 0.996. The van der Waals surface area contributed by atoms with E-state index >= 15 is 0 Å². The second kappa shape index (κ2) is 3.83. The molecule has 1 rings (SSSR count). The van der Waals surface area contributed by atoms with Crippen LogP contribution in [0.5, 0.6) is 0 Å². The molecule has 0 bridgehead atoms. The molecule has 0 aliphatic carbocycles. The van der Waals surface area contributed by atoms with Crippen LogP contribution in [0.25, 0.3) is 0 Å². The minimum Gasteiger partial charge on any atom is -0.365 e. The third-order valence-corrected chi connectivity index (χ3v) is 3.08. The lowest BCUT2D eigenvalue weighted by Gasteiger charge is -1.88. The van der Waals surface area contributed by atoms with Crippen LogP contribution >= 0.6 is 23.1 Å². The maximum absolute atomic E-state index is 4.14. The zero-order valence-electron chi connectivity index (χ0n) is 6.05. The molecule has 4 heteroatoms. The first-order chi connectivity index (χ1) is 4.86. The normalized spacial score (nSPS) is 9.80. The molecule has 2 nitrogen and oxygen atoms in total. The van der Waals surface area contributed by atoms with Gasteiger partial charge in [-0.05, 0) is 5.75 Å².